The number of para-hydroxylation sites is 1. The van der Waals surface area contributed by atoms with Gasteiger partial charge in [0.1, 0.15) is 0 Å². The van der Waals surface area contributed by atoms with E-state index < -0.39 is 44.7 Å². The van der Waals surface area contributed by atoms with Gasteiger partial charge in [-0.15, -0.1) is 0 Å². The summed E-state index contributed by atoms with van der Waals surface area (Å²) in [6.45, 7) is 12.8. The second-order valence-corrected chi connectivity index (χ2v) is 17.6. The van der Waals surface area contributed by atoms with Gasteiger partial charge in [0.25, 0.3) is 10.1 Å². The van der Waals surface area contributed by atoms with Gasteiger partial charge in [-0.3, -0.25) is 23.7 Å². The van der Waals surface area contributed by atoms with Crippen molar-refractivity contribution in [1.29, 1.82) is 0 Å². The lowest BCUT2D eigenvalue weighted by atomic mass is 9.83. The fourth-order valence-electron chi connectivity index (χ4n) is 7.21. The monoisotopic (exact) mass is 824 g/mol. The predicted molar refractivity (Wildman–Crippen MR) is 222 cm³/mol. The number of hydrogen-bond donors (Lipinski definition) is 6. The van der Waals surface area contributed by atoms with Crippen molar-refractivity contribution in [3.05, 3.63) is 71.8 Å². The molecule has 0 radical (unpaired) electrons. The maximum Gasteiger partial charge on any atom is 0.315 e. The third-order valence-corrected chi connectivity index (χ3v) is 12.1. The number of carbonyl (C=O) groups is 5. The van der Waals surface area contributed by atoms with Crippen LogP contribution in [-0.2, 0) is 47.0 Å². The summed E-state index contributed by atoms with van der Waals surface area (Å²) >= 11 is 0. The molecule has 0 aromatic heterocycles. The van der Waals surface area contributed by atoms with Crippen LogP contribution in [0.5, 0.6) is 0 Å². The summed E-state index contributed by atoms with van der Waals surface area (Å²) in [7, 11) is -4.94. The summed E-state index contributed by atoms with van der Waals surface area (Å²) in [4.78, 5) is 65.6. The highest BCUT2D eigenvalue weighted by Crippen LogP contribution is 2.45. The minimum Gasteiger partial charge on any atom is -0.366 e. The Bertz CT molecular complexity index is 1920. The van der Waals surface area contributed by atoms with Crippen LogP contribution in [0, 0.1) is 5.41 Å². The Morgan fingerprint density at radius 2 is 1.69 bits per heavy atom. The lowest BCUT2D eigenvalue weighted by Crippen LogP contribution is -2.50. The number of amides is 6. The second kappa shape index (κ2) is 20.3. The van der Waals surface area contributed by atoms with Gasteiger partial charge >= 0.3 is 6.03 Å². The van der Waals surface area contributed by atoms with E-state index in [1.54, 1.807) is 24.8 Å². The first-order valence-electron chi connectivity index (χ1n) is 20.0. The summed E-state index contributed by atoms with van der Waals surface area (Å²) < 4.78 is 40.5. The molecule has 2 aromatic carbocycles. The van der Waals surface area contributed by atoms with Gasteiger partial charge in [-0.1, -0.05) is 82.3 Å². The summed E-state index contributed by atoms with van der Waals surface area (Å²) in [5.74, 6) is -1.98. The maximum atomic E-state index is 13.7. The molecule has 6 amide bonds. The Hall–Kier alpha value is -4.80. The van der Waals surface area contributed by atoms with Gasteiger partial charge in [0.05, 0.1) is 24.3 Å². The first-order valence-corrected chi connectivity index (χ1v) is 21.5. The highest BCUT2D eigenvalue weighted by Gasteiger charge is 2.54. The van der Waals surface area contributed by atoms with Crippen LogP contribution in [0.4, 0.5) is 10.5 Å². The molecule has 5 atom stereocenters. The molecule has 2 saturated heterocycles. The van der Waals surface area contributed by atoms with Crippen molar-refractivity contribution in [2.45, 2.75) is 122 Å². The molecule has 318 valence electrons. The number of epoxide rings is 1. The molecule has 4 rings (SSSR count). The Balaban J connectivity index is 1.23. The standard InChI is InChI=1S/C42H60N6O9S/c1-7-29-15-9-10-17-31(29)27-48(33-19-13-11-16-30(33)8-2)37(50)21-23-44-38(51)34(58(54,55)56)26-45-39(52)41(4,5)25-35-42(6,57-35)22-24-43-36(49)20-14-12-18-32-28(3)46-40(53)47-32/h7,9-11,13,15-17,19,28,32,34-35H,1,8,12,14,18,20-27H2,2-6H3,(H,43,49)(H,44,51)(H,45,52)(H2,46,47,53)(H,54,55,56). The number of rotatable bonds is 23. The van der Waals surface area contributed by atoms with Crippen LogP contribution in [0.3, 0.4) is 0 Å². The van der Waals surface area contributed by atoms with Crippen LogP contribution in [0.2, 0.25) is 0 Å². The van der Waals surface area contributed by atoms with Crippen molar-refractivity contribution < 1.29 is 41.7 Å². The van der Waals surface area contributed by atoms with E-state index in [1.807, 2.05) is 69.3 Å². The van der Waals surface area contributed by atoms with E-state index in [-0.39, 0.29) is 62.0 Å². The summed E-state index contributed by atoms with van der Waals surface area (Å²) in [5.41, 5.74) is 1.81. The minimum absolute atomic E-state index is 0.0600. The Morgan fingerprint density at radius 3 is 2.34 bits per heavy atom. The van der Waals surface area contributed by atoms with Crippen LogP contribution in [0.1, 0.15) is 96.3 Å². The molecule has 6 N–H and O–H groups in total. The molecule has 2 aliphatic heterocycles. The van der Waals surface area contributed by atoms with Crippen LogP contribution in [0.25, 0.3) is 6.08 Å². The first kappa shape index (κ1) is 45.9. The molecule has 2 fully saturated rings. The molecule has 0 saturated carbocycles. The quantitative estimate of drug-likeness (QED) is 0.0542. The third-order valence-electron chi connectivity index (χ3n) is 11.0. The highest BCUT2D eigenvalue weighted by atomic mass is 32.2. The van der Waals surface area contributed by atoms with Crippen LogP contribution in [0.15, 0.2) is 55.1 Å². The zero-order valence-electron chi connectivity index (χ0n) is 34.3. The van der Waals surface area contributed by atoms with E-state index in [1.165, 1.54) is 0 Å². The molecule has 58 heavy (non-hydrogen) atoms. The van der Waals surface area contributed by atoms with E-state index >= 15 is 0 Å². The number of urea groups is 1. The number of ether oxygens (including phenoxy) is 1. The highest BCUT2D eigenvalue weighted by molar-refractivity contribution is 7.87. The van der Waals surface area contributed by atoms with Crippen LogP contribution in [-0.4, -0.2) is 91.3 Å². The van der Waals surface area contributed by atoms with Gasteiger partial charge in [-0.05, 0) is 68.7 Å². The number of hydrogen-bond acceptors (Lipinski definition) is 8. The van der Waals surface area contributed by atoms with Gasteiger partial charge in [-0.25, -0.2) is 4.79 Å². The molecule has 15 nitrogen and oxygen atoms in total. The number of carbonyl (C=O) groups excluding carboxylic acids is 5. The topological polar surface area (TPSA) is 216 Å². The van der Waals surface area contributed by atoms with Gasteiger partial charge in [0, 0.05) is 49.6 Å². The van der Waals surface area contributed by atoms with Gasteiger partial charge in [0.15, 0.2) is 5.25 Å². The molecular weight excluding hydrogens is 765 g/mol. The molecule has 0 bridgehead atoms. The fraction of sp³-hybridized carbons (Fsp3) is 0.548. The first-order chi connectivity index (χ1) is 27.4. The minimum atomic E-state index is -4.94. The van der Waals surface area contributed by atoms with E-state index in [0.717, 1.165) is 29.5 Å². The fourth-order valence-corrected chi connectivity index (χ4v) is 7.85. The number of anilines is 1. The molecule has 0 aliphatic carbocycles. The number of nitrogens with one attached hydrogen (secondary N) is 5. The average Bonchev–Trinajstić information content (AvgIpc) is 3.67. The van der Waals surface area contributed by atoms with Crippen LogP contribution >= 0.6 is 0 Å². The van der Waals surface area contributed by atoms with E-state index in [9.17, 15) is 36.9 Å². The maximum absolute atomic E-state index is 13.7. The third kappa shape index (κ3) is 12.9. The van der Waals surface area contributed by atoms with Crippen molar-refractivity contribution in [2.24, 2.45) is 5.41 Å². The number of nitrogens with zero attached hydrogens (tertiary/aromatic N) is 1. The summed E-state index contributed by atoms with van der Waals surface area (Å²) in [6.07, 6.45) is 5.40. The molecular formula is C42H60N6O9S. The van der Waals surface area contributed by atoms with Crippen molar-refractivity contribution in [2.75, 3.05) is 24.5 Å². The number of aryl methyl sites for hydroxylation is 1. The van der Waals surface area contributed by atoms with Crippen molar-refractivity contribution in [3.63, 3.8) is 0 Å². The lowest BCUT2D eigenvalue weighted by molar-refractivity contribution is -0.130. The normalized spacial score (nSPS) is 20.6. The van der Waals surface area contributed by atoms with Crippen molar-refractivity contribution in [3.8, 4) is 0 Å². The largest absolute Gasteiger partial charge is 0.366 e. The Labute approximate surface area is 342 Å². The smallest absolute Gasteiger partial charge is 0.315 e. The van der Waals surface area contributed by atoms with E-state index in [2.05, 4.69) is 33.2 Å². The zero-order chi connectivity index (χ0) is 42.7. The molecule has 2 aromatic rings. The van der Waals surface area contributed by atoms with Crippen molar-refractivity contribution >= 4 is 51.5 Å². The zero-order valence-corrected chi connectivity index (χ0v) is 35.1. The Morgan fingerprint density at radius 1 is 1.00 bits per heavy atom. The predicted octanol–water partition coefficient (Wildman–Crippen LogP) is 4.01. The van der Waals surface area contributed by atoms with Gasteiger partial charge in [0.2, 0.25) is 23.6 Å². The van der Waals surface area contributed by atoms with E-state index in [4.69, 9.17) is 4.74 Å². The van der Waals surface area contributed by atoms with Gasteiger partial charge < -0.3 is 36.2 Å². The average molecular weight is 825 g/mol. The van der Waals surface area contributed by atoms with Crippen LogP contribution < -0.4 is 31.5 Å². The number of unbranched alkanes of at least 4 members (excludes halogenated alkanes) is 1. The second-order valence-electron chi connectivity index (χ2n) is 16.0. The number of benzene rings is 2. The van der Waals surface area contributed by atoms with Crippen molar-refractivity contribution in [1.82, 2.24) is 26.6 Å². The molecule has 16 heteroatoms. The summed E-state index contributed by atoms with van der Waals surface area (Å²) in [6, 6.07) is 15.0. The van der Waals surface area contributed by atoms with E-state index in [0.29, 0.717) is 37.9 Å². The lowest BCUT2D eigenvalue weighted by Gasteiger charge is -2.26. The summed E-state index contributed by atoms with van der Waals surface area (Å²) in [5, 5.41) is 11.6. The molecule has 5 unspecified atom stereocenters. The molecule has 2 heterocycles. The Kier molecular flexibility index (Phi) is 16.0. The molecule has 2 aliphatic rings. The van der Waals surface area contributed by atoms with Gasteiger partial charge in [-0.2, -0.15) is 8.42 Å². The molecule has 0 spiro atoms. The SMILES string of the molecule is C=Cc1ccccc1CN(C(=O)CCNC(=O)C(CNC(=O)C(C)(C)CC1OC1(C)CCNC(=O)CCCCC1NC(=O)NC1C)S(=O)(=O)O)c1ccccc1CC.